The van der Waals surface area contributed by atoms with Crippen LogP contribution >= 0.6 is 0 Å². The van der Waals surface area contributed by atoms with E-state index in [2.05, 4.69) is 9.99 Å². The van der Waals surface area contributed by atoms with E-state index in [-0.39, 0.29) is 11.8 Å². The normalized spacial score (nSPS) is 16.5. The second kappa shape index (κ2) is 5.53. The second-order valence-corrected chi connectivity index (χ2v) is 2.93. The Bertz CT molecular complexity index is 204. The van der Waals surface area contributed by atoms with Crippen LogP contribution in [0.15, 0.2) is 5.16 Å². The van der Waals surface area contributed by atoms with Crippen LogP contribution < -0.4 is 5.73 Å². The van der Waals surface area contributed by atoms with Crippen molar-refractivity contribution >= 4 is 11.8 Å². The molecule has 0 heterocycles. The van der Waals surface area contributed by atoms with Crippen LogP contribution in [-0.4, -0.2) is 23.0 Å². The van der Waals surface area contributed by atoms with Gasteiger partial charge in [-0.2, -0.15) is 0 Å². The van der Waals surface area contributed by atoms with Crippen molar-refractivity contribution in [3.63, 3.8) is 0 Å². The summed E-state index contributed by atoms with van der Waals surface area (Å²) in [6, 6.07) is 0. The molecule has 2 atom stereocenters. The van der Waals surface area contributed by atoms with Gasteiger partial charge in [0.2, 0.25) is 0 Å². The van der Waals surface area contributed by atoms with E-state index < -0.39 is 12.1 Å². The van der Waals surface area contributed by atoms with Gasteiger partial charge in [-0.05, 0) is 5.92 Å². The SMILES string of the molecule is CC[C@H](C)C(O)/C(N)=N\OC(C)=O. The zero-order chi connectivity index (χ0) is 10.4. The molecule has 0 radical (unpaired) electrons. The van der Waals surface area contributed by atoms with E-state index in [1.54, 1.807) is 0 Å². The van der Waals surface area contributed by atoms with Gasteiger partial charge in [0.25, 0.3) is 0 Å². The topological polar surface area (TPSA) is 84.9 Å². The number of carbonyl (C=O) groups excluding carboxylic acids is 1. The Morgan fingerprint density at radius 3 is 2.62 bits per heavy atom. The summed E-state index contributed by atoms with van der Waals surface area (Å²) in [5.41, 5.74) is 5.36. The minimum atomic E-state index is -0.857. The van der Waals surface area contributed by atoms with E-state index in [0.717, 1.165) is 6.42 Å². The molecule has 0 spiro atoms. The van der Waals surface area contributed by atoms with Gasteiger partial charge in [-0.1, -0.05) is 25.4 Å². The van der Waals surface area contributed by atoms with Crippen LogP contribution in [0.5, 0.6) is 0 Å². The molecule has 0 saturated carbocycles. The first-order valence-corrected chi connectivity index (χ1v) is 4.18. The van der Waals surface area contributed by atoms with Crippen molar-refractivity contribution in [1.29, 1.82) is 0 Å². The highest BCUT2D eigenvalue weighted by Gasteiger charge is 2.16. The molecule has 0 saturated heterocycles. The third kappa shape index (κ3) is 4.47. The first kappa shape index (κ1) is 11.9. The van der Waals surface area contributed by atoms with Crippen molar-refractivity contribution in [2.45, 2.75) is 33.3 Å². The van der Waals surface area contributed by atoms with E-state index in [1.165, 1.54) is 6.92 Å². The Kier molecular flexibility index (Phi) is 5.06. The molecular weight excluding hydrogens is 172 g/mol. The molecule has 0 aromatic carbocycles. The number of rotatable bonds is 4. The summed E-state index contributed by atoms with van der Waals surface area (Å²) >= 11 is 0. The maximum absolute atomic E-state index is 10.3. The van der Waals surface area contributed by atoms with Gasteiger partial charge in [0.1, 0.15) is 6.10 Å². The molecule has 0 aromatic rings. The summed E-state index contributed by atoms with van der Waals surface area (Å²) in [5.74, 6) is -0.622. The molecule has 0 aliphatic carbocycles. The number of oxime groups is 1. The van der Waals surface area contributed by atoms with E-state index in [0.29, 0.717) is 0 Å². The summed E-state index contributed by atoms with van der Waals surface area (Å²) in [4.78, 5) is 14.6. The van der Waals surface area contributed by atoms with Gasteiger partial charge in [0.15, 0.2) is 5.84 Å². The van der Waals surface area contributed by atoms with Crippen LogP contribution in [0.1, 0.15) is 27.2 Å². The summed E-state index contributed by atoms with van der Waals surface area (Å²) in [6.45, 7) is 4.97. The fourth-order valence-corrected chi connectivity index (χ4v) is 0.686. The number of aliphatic hydroxyl groups excluding tert-OH is 1. The molecule has 0 fully saturated rings. The minimum absolute atomic E-state index is 0.000641. The largest absolute Gasteiger partial charge is 0.385 e. The van der Waals surface area contributed by atoms with Crippen molar-refractivity contribution in [2.75, 3.05) is 0 Å². The molecule has 5 nitrogen and oxygen atoms in total. The van der Waals surface area contributed by atoms with Crippen LogP contribution in [0.25, 0.3) is 0 Å². The number of amidine groups is 1. The maximum Gasteiger partial charge on any atom is 0.332 e. The predicted octanol–water partition coefficient (Wildman–Crippen LogP) is 0.229. The average molecular weight is 188 g/mol. The van der Waals surface area contributed by atoms with E-state index in [4.69, 9.17) is 5.73 Å². The molecule has 0 aromatic heterocycles. The van der Waals surface area contributed by atoms with Crippen LogP contribution in [0.3, 0.4) is 0 Å². The lowest BCUT2D eigenvalue weighted by Gasteiger charge is -2.15. The second-order valence-electron chi connectivity index (χ2n) is 2.93. The van der Waals surface area contributed by atoms with Crippen LogP contribution in [-0.2, 0) is 9.63 Å². The average Bonchev–Trinajstić information content (AvgIpc) is 2.11. The van der Waals surface area contributed by atoms with Crippen molar-refractivity contribution in [3.8, 4) is 0 Å². The van der Waals surface area contributed by atoms with Crippen LogP contribution in [0.2, 0.25) is 0 Å². The molecule has 0 aliphatic rings. The molecule has 1 unspecified atom stereocenters. The summed E-state index contributed by atoms with van der Waals surface area (Å²) < 4.78 is 0. The third-order valence-corrected chi connectivity index (χ3v) is 1.77. The molecule has 3 N–H and O–H groups in total. The monoisotopic (exact) mass is 188 g/mol. The first-order chi connectivity index (χ1) is 5.99. The Morgan fingerprint density at radius 1 is 1.69 bits per heavy atom. The lowest BCUT2D eigenvalue weighted by molar-refractivity contribution is -0.141. The Balaban J connectivity index is 4.15. The molecule has 0 rings (SSSR count). The maximum atomic E-state index is 10.3. The van der Waals surface area contributed by atoms with Gasteiger partial charge in [0.05, 0.1) is 0 Å². The van der Waals surface area contributed by atoms with Crippen molar-refractivity contribution in [2.24, 2.45) is 16.8 Å². The molecule has 5 heteroatoms. The Hall–Kier alpha value is -1.10. The summed E-state index contributed by atoms with van der Waals surface area (Å²) in [5, 5.41) is 12.7. The zero-order valence-electron chi connectivity index (χ0n) is 8.15. The van der Waals surface area contributed by atoms with E-state index in [9.17, 15) is 9.90 Å². The van der Waals surface area contributed by atoms with Gasteiger partial charge in [0, 0.05) is 6.92 Å². The van der Waals surface area contributed by atoms with Gasteiger partial charge in [-0.25, -0.2) is 4.79 Å². The highest BCUT2D eigenvalue weighted by atomic mass is 16.7. The van der Waals surface area contributed by atoms with Crippen molar-refractivity contribution in [1.82, 2.24) is 0 Å². The van der Waals surface area contributed by atoms with Gasteiger partial charge >= 0.3 is 5.97 Å². The Morgan fingerprint density at radius 2 is 2.23 bits per heavy atom. The van der Waals surface area contributed by atoms with Gasteiger partial charge < -0.3 is 15.7 Å². The van der Waals surface area contributed by atoms with Crippen molar-refractivity contribution in [3.05, 3.63) is 0 Å². The molecule has 0 aliphatic heterocycles. The smallest absolute Gasteiger partial charge is 0.332 e. The lowest BCUT2D eigenvalue weighted by atomic mass is 10.0. The lowest BCUT2D eigenvalue weighted by Crippen LogP contribution is -2.34. The summed E-state index contributed by atoms with van der Waals surface area (Å²) in [6.07, 6.45) is -0.0818. The number of hydrogen-bond acceptors (Lipinski definition) is 4. The zero-order valence-corrected chi connectivity index (χ0v) is 8.15. The molecule has 13 heavy (non-hydrogen) atoms. The molecule has 0 amide bonds. The van der Waals surface area contributed by atoms with Crippen LogP contribution in [0, 0.1) is 5.92 Å². The quantitative estimate of drug-likeness (QED) is 0.286. The predicted molar refractivity (Wildman–Crippen MR) is 48.9 cm³/mol. The number of carbonyl (C=O) groups is 1. The van der Waals surface area contributed by atoms with E-state index in [1.807, 2.05) is 13.8 Å². The fourth-order valence-electron chi connectivity index (χ4n) is 0.686. The number of aliphatic hydroxyl groups is 1. The number of nitrogens with zero attached hydrogens (tertiary/aromatic N) is 1. The first-order valence-electron chi connectivity index (χ1n) is 4.18. The molecule has 76 valence electrons. The van der Waals surface area contributed by atoms with E-state index >= 15 is 0 Å². The fraction of sp³-hybridized carbons (Fsp3) is 0.750. The van der Waals surface area contributed by atoms with Crippen LogP contribution in [0.4, 0.5) is 0 Å². The molecular formula is C8H16N2O3. The molecule has 0 bridgehead atoms. The standard InChI is InChI=1S/C8H16N2O3/c1-4-5(2)7(12)8(9)10-13-6(3)11/h5,7,12H,4H2,1-3H3,(H2,9,10)/t5-,7?/m0/s1. The Labute approximate surface area is 77.6 Å². The number of hydrogen-bond donors (Lipinski definition) is 2. The highest BCUT2D eigenvalue weighted by Crippen LogP contribution is 2.07. The number of nitrogens with two attached hydrogens (primary N) is 1. The summed E-state index contributed by atoms with van der Waals surface area (Å²) in [7, 11) is 0. The minimum Gasteiger partial charge on any atom is -0.385 e. The third-order valence-electron chi connectivity index (χ3n) is 1.77. The van der Waals surface area contributed by atoms with Crippen molar-refractivity contribution < 1.29 is 14.7 Å². The van der Waals surface area contributed by atoms with Gasteiger partial charge in [-0.3, -0.25) is 0 Å². The highest BCUT2D eigenvalue weighted by molar-refractivity contribution is 5.85. The van der Waals surface area contributed by atoms with Gasteiger partial charge in [-0.15, -0.1) is 0 Å².